The van der Waals surface area contributed by atoms with E-state index in [2.05, 4.69) is 9.97 Å². The van der Waals surface area contributed by atoms with Gasteiger partial charge in [-0.15, -0.1) is 0 Å². The first-order chi connectivity index (χ1) is 8.74. The average molecular weight is 263 g/mol. The van der Waals surface area contributed by atoms with Crippen LogP contribution in [-0.4, -0.2) is 22.5 Å². The monoisotopic (exact) mass is 262 g/mol. The van der Waals surface area contributed by atoms with Crippen LogP contribution >= 0.6 is 11.6 Å². The molecule has 0 amide bonds. The van der Waals surface area contributed by atoms with Crippen LogP contribution in [0.4, 0.5) is 0 Å². The Morgan fingerprint density at radius 2 is 2.22 bits per heavy atom. The van der Waals surface area contributed by atoms with Gasteiger partial charge in [0.1, 0.15) is 0 Å². The number of carbonyl (C=O) groups excluding carboxylic acids is 1. The van der Waals surface area contributed by atoms with Gasteiger partial charge >= 0.3 is 5.97 Å². The Labute approximate surface area is 110 Å². The van der Waals surface area contributed by atoms with Crippen LogP contribution < -0.4 is 0 Å². The zero-order valence-electron chi connectivity index (χ0n) is 9.76. The van der Waals surface area contributed by atoms with E-state index >= 15 is 0 Å². The van der Waals surface area contributed by atoms with Crippen LogP contribution in [0, 0.1) is 0 Å². The number of nitrogens with zero attached hydrogens (tertiary/aromatic N) is 2. The van der Waals surface area contributed by atoms with Crippen molar-refractivity contribution in [2.24, 2.45) is 0 Å². The molecular formula is C13H11ClN2O2. The summed E-state index contributed by atoms with van der Waals surface area (Å²) in [7, 11) is 0. The Bertz CT molecular complexity index is 558. The molecule has 0 spiro atoms. The van der Waals surface area contributed by atoms with Crippen LogP contribution in [0.15, 0.2) is 36.8 Å². The molecule has 0 saturated heterocycles. The molecule has 92 valence electrons. The van der Waals surface area contributed by atoms with E-state index in [9.17, 15) is 4.79 Å². The molecule has 2 aromatic rings. The number of aromatic nitrogens is 2. The highest BCUT2D eigenvalue weighted by molar-refractivity contribution is 6.35. The van der Waals surface area contributed by atoms with Crippen molar-refractivity contribution < 1.29 is 9.53 Å². The minimum Gasteiger partial charge on any atom is -0.462 e. The lowest BCUT2D eigenvalue weighted by Crippen LogP contribution is -2.06. The lowest BCUT2D eigenvalue weighted by molar-refractivity contribution is 0.0526. The highest BCUT2D eigenvalue weighted by atomic mass is 35.5. The fraction of sp³-hybridized carbons (Fsp3) is 0.154. The smallest absolute Gasteiger partial charge is 0.339 e. The Kier molecular flexibility index (Phi) is 3.89. The maximum Gasteiger partial charge on any atom is 0.339 e. The first-order valence-electron chi connectivity index (χ1n) is 5.46. The van der Waals surface area contributed by atoms with Gasteiger partial charge in [-0.05, 0) is 25.1 Å². The maximum atomic E-state index is 11.7. The largest absolute Gasteiger partial charge is 0.462 e. The Balaban J connectivity index is 2.46. The molecule has 2 heterocycles. The SMILES string of the molecule is CCOC(=O)c1ccnc(-c2cccnc2)c1Cl. The van der Waals surface area contributed by atoms with Crippen molar-refractivity contribution in [1.29, 1.82) is 0 Å². The molecule has 18 heavy (non-hydrogen) atoms. The lowest BCUT2D eigenvalue weighted by Gasteiger charge is -2.07. The standard InChI is InChI=1S/C13H11ClN2O2/c1-2-18-13(17)10-5-7-16-12(11(10)14)9-4-3-6-15-8-9/h3-8H,2H2,1H3. The molecule has 4 nitrogen and oxygen atoms in total. The molecule has 0 bridgehead atoms. The summed E-state index contributed by atoms with van der Waals surface area (Å²) in [5, 5.41) is 0.281. The molecule has 0 N–H and O–H groups in total. The normalized spacial score (nSPS) is 10.1. The Morgan fingerprint density at radius 3 is 2.89 bits per heavy atom. The third-order valence-corrected chi connectivity index (χ3v) is 2.70. The molecular weight excluding hydrogens is 252 g/mol. The van der Waals surface area contributed by atoms with Gasteiger partial charge in [0.15, 0.2) is 0 Å². The second-order valence-electron chi connectivity index (χ2n) is 3.48. The van der Waals surface area contributed by atoms with Gasteiger partial charge in [-0.1, -0.05) is 11.6 Å². The van der Waals surface area contributed by atoms with Gasteiger partial charge in [-0.2, -0.15) is 0 Å². The average Bonchev–Trinajstić information content (AvgIpc) is 2.40. The molecule has 0 atom stereocenters. The summed E-state index contributed by atoms with van der Waals surface area (Å²) in [6, 6.07) is 5.15. The summed E-state index contributed by atoms with van der Waals surface area (Å²) >= 11 is 6.18. The minimum absolute atomic E-state index is 0.281. The van der Waals surface area contributed by atoms with Gasteiger partial charge in [-0.3, -0.25) is 9.97 Å². The number of ether oxygens (including phenoxy) is 1. The number of halogens is 1. The molecule has 0 aliphatic heterocycles. The predicted molar refractivity (Wildman–Crippen MR) is 68.4 cm³/mol. The fourth-order valence-corrected chi connectivity index (χ4v) is 1.81. The third kappa shape index (κ3) is 2.49. The van der Waals surface area contributed by atoms with Crippen molar-refractivity contribution in [3.63, 3.8) is 0 Å². The summed E-state index contributed by atoms with van der Waals surface area (Å²) < 4.78 is 4.93. The van der Waals surface area contributed by atoms with E-state index in [1.54, 1.807) is 31.5 Å². The van der Waals surface area contributed by atoms with E-state index in [0.717, 1.165) is 5.56 Å². The number of carbonyl (C=O) groups is 1. The summed E-state index contributed by atoms with van der Waals surface area (Å²) in [6.07, 6.45) is 4.83. The second kappa shape index (κ2) is 5.60. The van der Waals surface area contributed by atoms with E-state index in [0.29, 0.717) is 17.9 Å². The van der Waals surface area contributed by atoms with Gasteiger partial charge in [0.05, 0.1) is 22.9 Å². The molecule has 0 fully saturated rings. The molecule has 0 radical (unpaired) electrons. The van der Waals surface area contributed by atoms with E-state index < -0.39 is 5.97 Å². The van der Waals surface area contributed by atoms with Crippen LogP contribution in [-0.2, 0) is 4.74 Å². The van der Waals surface area contributed by atoms with Crippen LogP contribution in [0.2, 0.25) is 5.02 Å². The molecule has 2 rings (SSSR count). The minimum atomic E-state index is -0.449. The van der Waals surface area contributed by atoms with Crippen LogP contribution in [0.5, 0.6) is 0 Å². The zero-order valence-corrected chi connectivity index (χ0v) is 10.5. The molecule has 0 saturated carbocycles. The van der Waals surface area contributed by atoms with E-state index in [1.165, 1.54) is 6.20 Å². The van der Waals surface area contributed by atoms with E-state index in [4.69, 9.17) is 16.3 Å². The van der Waals surface area contributed by atoms with Crippen molar-refractivity contribution in [2.45, 2.75) is 6.92 Å². The summed E-state index contributed by atoms with van der Waals surface area (Å²) in [4.78, 5) is 19.9. The molecule has 0 aromatic carbocycles. The first-order valence-corrected chi connectivity index (χ1v) is 5.84. The maximum absolute atomic E-state index is 11.7. The predicted octanol–water partition coefficient (Wildman–Crippen LogP) is 2.97. The zero-order chi connectivity index (χ0) is 13.0. The van der Waals surface area contributed by atoms with Gasteiger partial charge in [0.2, 0.25) is 0 Å². The van der Waals surface area contributed by atoms with Crippen molar-refractivity contribution in [3.8, 4) is 11.3 Å². The van der Waals surface area contributed by atoms with Gasteiger partial charge in [-0.25, -0.2) is 4.79 Å². The van der Waals surface area contributed by atoms with Gasteiger partial charge < -0.3 is 4.74 Å². The molecule has 0 aliphatic carbocycles. The number of esters is 1. The topological polar surface area (TPSA) is 52.1 Å². The number of hydrogen-bond donors (Lipinski definition) is 0. The summed E-state index contributed by atoms with van der Waals surface area (Å²) in [5.41, 5.74) is 1.59. The number of rotatable bonds is 3. The summed E-state index contributed by atoms with van der Waals surface area (Å²) in [6.45, 7) is 2.05. The van der Waals surface area contributed by atoms with Crippen LogP contribution in [0.1, 0.15) is 17.3 Å². The number of pyridine rings is 2. The van der Waals surface area contributed by atoms with Crippen LogP contribution in [0.25, 0.3) is 11.3 Å². The van der Waals surface area contributed by atoms with Crippen molar-refractivity contribution in [1.82, 2.24) is 9.97 Å². The molecule has 0 aliphatic rings. The lowest BCUT2D eigenvalue weighted by atomic mass is 10.1. The fourth-order valence-electron chi connectivity index (χ4n) is 1.51. The Hall–Kier alpha value is -1.94. The van der Waals surface area contributed by atoms with Gasteiger partial charge in [0.25, 0.3) is 0 Å². The molecule has 5 heteroatoms. The quantitative estimate of drug-likeness (QED) is 0.798. The third-order valence-electron chi connectivity index (χ3n) is 2.32. The highest BCUT2D eigenvalue weighted by Crippen LogP contribution is 2.28. The van der Waals surface area contributed by atoms with Gasteiger partial charge in [0, 0.05) is 24.2 Å². The molecule has 0 unspecified atom stereocenters. The van der Waals surface area contributed by atoms with Crippen molar-refractivity contribution in [3.05, 3.63) is 47.4 Å². The van der Waals surface area contributed by atoms with Crippen molar-refractivity contribution in [2.75, 3.05) is 6.61 Å². The van der Waals surface area contributed by atoms with E-state index in [1.807, 2.05) is 6.07 Å². The molecule has 2 aromatic heterocycles. The highest BCUT2D eigenvalue weighted by Gasteiger charge is 2.16. The number of hydrogen-bond acceptors (Lipinski definition) is 4. The van der Waals surface area contributed by atoms with Crippen molar-refractivity contribution >= 4 is 17.6 Å². The van der Waals surface area contributed by atoms with E-state index in [-0.39, 0.29) is 5.02 Å². The van der Waals surface area contributed by atoms with Crippen LogP contribution in [0.3, 0.4) is 0 Å². The summed E-state index contributed by atoms with van der Waals surface area (Å²) in [5.74, 6) is -0.449. The second-order valence-corrected chi connectivity index (χ2v) is 3.86. The first kappa shape index (κ1) is 12.5. The Morgan fingerprint density at radius 1 is 1.39 bits per heavy atom.